The minimum absolute atomic E-state index is 0.175. The summed E-state index contributed by atoms with van der Waals surface area (Å²) in [5, 5.41) is 18.6. The van der Waals surface area contributed by atoms with Gasteiger partial charge in [0.15, 0.2) is 0 Å². The Hall–Kier alpha value is -1.77. The molecule has 1 aromatic rings. The number of carboxylic acid groups (broad SMARTS) is 1. The van der Waals surface area contributed by atoms with Crippen LogP contribution >= 0.6 is 0 Å². The van der Waals surface area contributed by atoms with Crippen molar-refractivity contribution in [2.75, 3.05) is 0 Å². The van der Waals surface area contributed by atoms with Crippen molar-refractivity contribution in [3.8, 4) is 5.75 Å². The molecule has 0 unspecified atom stereocenters. The van der Waals surface area contributed by atoms with Gasteiger partial charge in [-0.25, -0.2) is 4.79 Å². The first-order valence-electron chi connectivity index (χ1n) is 5.47. The Morgan fingerprint density at radius 3 is 2.29 bits per heavy atom. The number of carboxylic acids is 1. The van der Waals surface area contributed by atoms with Crippen LogP contribution in [-0.4, -0.2) is 16.2 Å². The first kappa shape index (κ1) is 13.3. The summed E-state index contributed by atoms with van der Waals surface area (Å²) in [4.78, 5) is 11.2. The SMILES string of the molecule is Cc1cc(C(=CC(C)(C)C)C(=O)O)ccc1O. The van der Waals surface area contributed by atoms with E-state index in [2.05, 4.69) is 0 Å². The molecule has 3 heteroatoms. The van der Waals surface area contributed by atoms with Crippen molar-refractivity contribution < 1.29 is 15.0 Å². The molecule has 17 heavy (non-hydrogen) atoms. The maximum absolute atomic E-state index is 11.2. The average Bonchev–Trinajstić information content (AvgIpc) is 2.17. The minimum Gasteiger partial charge on any atom is -0.508 e. The Bertz CT molecular complexity index is 465. The van der Waals surface area contributed by atoms with Crippen molar-refractivity contribution in [2.24, 2.45) is 5.41 Å². The fraction of sp³-hybridized carbons (Fsp3) is 0.357. The van der Waals surface area contributed by atoms with Crippen molar-refractivity contribution in [3.63, 3.8) is 0 Å². The summed E-state index contributed by atoms with van der Waals surface area (Å²) in [6, 6.07) is 4.82. The highest BCUT2D eigenvalue weighted by Crippen LogP contribution is 2.27. The van der Waals surface area contributed by atoms with Gasteiger partial charge in [0.25, 0.3) is 0 Å². The van der Waals surface area contributed by atoms with E-state index in [-0.39, 0.29) is 16.7 Å². The summed E-state index contributed by atoms with van der Waals surface area (Å²) in [6.45, 7) is 7.59. The molecule has 1 rings (SSSR count). The first-order chi connectivity index (χ1) is 7.70. The normalized spacial score (nSPS) is 12.6. The summed E-state index contributed by atoms with van der Waals surface area (Å²) in [5.41, 5.74) is 1.34. The molecule has 0 atom stereocenters. The zero-order valence-corrected chi connectivity index (χ0v) is 10.6. The number of phenolic OH excluding ortho intramolecular Hbond substituents is 1. The van der Waals surface area contributed by atoms with Gasteiger partial charge in [0.05, 0.1) is 5.57 Å². The van der Waals surface area contributed by atoms with Gasteiger partial charge in [-0.1, -0.05) is 32.9 Å². The summed E-state index contributed by atoms with van der Waals surface area (Å²) in [5.74, 6) is -0.778. The largest absolute Gasteiger partial charge is 0.508 e. The van der Waals surface area contributed by atoms with Gasteiger partial charge in [0, 0.05) is 0 Å². The van der Waals surface area contributed by atoms with Crippen LogP contribution in [0.5, 0.6) is 5.75 Å². The molecule has 92 valence electrons. The number of aliphatic carboxylic acids is 1. The molecule has 1 aromatic carbocycles. The lowest BCUT2D eigenvalue weighted by molar-refractivity contribution is -0.130. The molecule has 3 nitrogen and oxygen atoms in total. The lowest BCUT2D eigenvalue weighted by atomic mass is 9.90. The van der Waals surface area contributed by atoms with Crippen molar-refractivity contribution in [3.05, 3.63) is 35.4 Å². The van der Waals surface area contributed by atoms with E-state index in [1.807, 2.05) is 20.8 Å². The van der Waals surface area contributed by atoms with Crippen LogP contribution in [0.1, 0.15) is 31.9 Å². The van der Waals surface area contributed by atoms with Crippen LogP contribution < -0.4 is 0 Å². The number of rotatable bonds is 2. The number of benzene rings is 1. The number of phenols is 1. The Labute approximate surface area is 101 Å². The highest BCUT2D eigenvalue weighted by Gasteiger charge is 2.16. The molecule has 0 aliphatic heterocycles. The highest BCUT2D eigenvalue weighted by atomic mass is 16.4. The van der Waals surface area contributed by atoms with Crippen LogP contribution in [-0.2, 0) is 4.79 Å². The summed E-state index contributed by atoms with van der Waals surface area (Å²) in [6.07, 6.45) is 1.72. The van der Waals surface area contributed by atoms with Crippen LogP contribution in [0.2, 0.25) is 0 Å². The second kappa shape index (κ2) is 4.62. The number of aromatic hydroxyl groups is 1. The number of aryl methyl sites for hydroxylation is 1. The Morgan fingerprint density at radius 2 is 1.88 bits per heavy atom. The molecule has 0 radical (unpaired) electrons. The Kier molecular flexibility index (Phi) is 3.61. The van der Waals surface area contributed by atoms with Gasteiger partial charge < -0.3 is 10.2 Å². The smallest absolute Gasteiger partial charge is 0.335 e. The third-order valence-electron chi connectivity index (χ3n) is 2.32. The molecule has 0 saturated heterocycles. The summed E-state index contributed by atoms with van der Waals surface area (Å²) in [7, 11) is 0. The number of hydrogen-bond acceptors (Lipinski definition) is 2. The van der Waals surface area contributed by atoms with Crippen molar-refractivity contribution in [1.29, 1.82) is 0 Å². The number of carbonyl (C=O) groups is 1. The second-order valence-corrected chi connectivity index (χ2v) is 5.23. The predicted octanol–water partition coefficient (Wildman–Crippen LogP) is 3.21. The van der Waals surface area contributed by atoms with Crippen LogP contribution in [0, 0.1) is 12.3 Å². The molecule has 0 aliphatic carbocycles. The van der Waals surface area contributed by atoms with Crippen LogP contribution in [0.4, 0.5) is 0 Å². The van der Waals surface area contributed by atoms with Gasteiger partial charge in [-0.2, -0.15) is 0 Å². The van der Waals surface area contributed by atoms with Gasteiger partial charge in [0.2, 0.25) is 0 Å². The van der Waals surface area contributed by atoms with Gasteiger partial charge in [-0.3, -0.25) is 0 Å². The third kappa shape index (κ3) is 3.63. The van der Waals surface area contributed by atoms with Crippen molar-refractivity contribution in [1.82, 2.24) is 0 Å². The zero-order valence-electron chi connectivity index (χ0n) is 10.6. The monoisotopic (exact) mass is 234 g/mol. The van der Waals surface area contributed by atoms with Gasteiger partial charge in [0.1, 0.15) is 5.75 Å². The standard InChI is InChI=1S/C14H18O3/c1-9-7-10(5-6-12(9)15)11(13(16)17)8-14(2,3)4/h5-8,15H,1-4H3,(H,16,17). The lowest BCUT2D eigenvalue weighted by Gasteiger charge is -2.15. The van der Waals surface area contributed by atoms with Crippen LogP contribution in [0.25, 0.3) is 5.57 Å². The molecule has 0 aliphatic rings. The van der Waals surface area contributed by atoms with E-state index in [9.17, 15) is 15.0 Å². The Morgan fingerprint density at radius 1 is 1.29 bits per heavy atom. The van der Waals surface area contributed by atoms with Crippen LogP contribution in [0.15, 0.2) is 24.3 Å². The van der Waals surface area contributed by atoms with E-state index in [1.165, 1.54) is 6.07 Å². The Balaban J connectivity index is 3.29. The summed E-state index contributed by atoms with van der Waals surface area (Å²) >= 11 is 0. The van der Waals surface area contributed by atoms with Gasteiger partial charge >= 0.3 is 5.97 Å². The average molecular weight is 234 g/mol. The molecule has 0 bridgehead atoms. The van der Waals surface area contributed by atoms with Crippen LogP contribution in [0.3, 0.4) is 0 Å². The number of allylic oxidation sites excluding steroid dienone is 1. The fourth-order valence-electron chi connectivity index (χ4n) is 1.52. The molecular formula is C14H18O3. The molecule has 0 spiro atoms. The third-order valence-corrected chi connectivity index (χ3v) is 2.32. The minimum atomic E-state index is -0.954. The maximum atomic E-state index is 11.2. The van der Waals surface area contributed by atoms with Gasteiger partial charge in [-0.05, 0) is 35.6 Å². The first-order valence-corrected chi connectivity index (χ1v) is 5.47. The summed E-state index contributed by atoms with van der Waals surface area (Å²) < 4.78 is 0. The van der Waals surface area contributed by atoms with E-state index in [0.29, 0.717) is 11.1 Å². The van der Waals surface area contributed by atoms with Crippen molar-refractivity contribution >= 4 is 11.5 Å². The fourth-order valence-corrected chi connectivity index (χ4v) is 1.52. The molecule has 0 heterocycles. The molecule has 0 amide bonds. The molecular weight excluding hydrogens is 216 g/mol. The highest BCUT2D eigenvalue weighted by molar-refractivity contribution is 6.15. The maximum Gasteiger partial charge on any atom is 0.335 e. The lowest BCUT2D eigenvalue weighted by Crippen LogP contribution is -2.07. The number of hydrogen-bond donors (Lipinski definition) is 2. The predicted molar refractivity (Wildman–Crippen MR) is 67.9 cm³/mol. The van der Waals surface area contributed by atoms with Crippen molar-refractivity contribution in [2.45, 2.75) is 27.7 Å². The molecule has 0 saturated carbocycles. The van der Waals surface area contributed by atoms with E-state index in [1.54, 1.807) is 25.1 Å². The molecule has 2 N–H and O–H groups in total. The van der Waals surface area contributed by atoms with E-state index in [0.717, 1.165) is 0 Å². The molecule has 0 aromatic heterocycles. The van der Waals surface area contributed by atoms with E-state index < -0.39 is 5.97 Å². The second-order valence-electron chi connectivity index (χ2n) is 5.23. The van der Waals surface area contributed by atoms with Gasteiger partial charge in [-0.15, -0.1) is 0 Å². The quantitative estimate of drug-likeness (QED) is 0.772. The zero-order chi connectivity index (χ0) is 13.2. The van der Waals surface area contributed by atoms with E-state index in [4.69, 9.17) is 0 Å². The van der Waals surface area contributed by atoms with E-state index >= 15 is 0 Å². The topological polar surface area (TPSA) is 57.5 Å². The molecule has 0 fully saturated rings.